The van der Waals surface area contributed by atoms with Crippen LogP contribution in [0.3, 0.4) is 0 Å². The van der Waals surface area contributed by atoms with E-state index in [2.05, 4.69) is 16.8 Å². The third-order valence-corrected chi connectivity index (χ3v) is 4.33. The fourth-order valence-electron chi connectivity index (χ4n) is 2.06. The van der Waals surface area contributed by atoms with Crippen molar-refractivity contribution in [1.82, 2.24) is 4.98 Å². The standard InChI is InChI=1S/C12H17ClN2OS/c1-9-3-2-5-15(6-4-9)12-14-10(8-17-12)11(16)7-13/h8-9H,2-7H2,1H3. The van der Waals surface area contributed by atoms with Crippen molar-refractivity contribution in [1.29, 1.82) is 0 Å². The number of Topliss-reactive ketones (excluding diaryl/α,β-unsaturated/α-hetero) is 1. The van der Waals surface area contributed by atoms with Gasteiger partial charge >= 0.3 is 0 Å². The van der Waals surface area contributed by atoms with E-state index >= 15 is 0 Å². The van der Waals surface area contributed by atoms with E-state index in [9.17, 15) is 4.79 Å². The van der Waals surface area contributed by atoms with E-state index in [-0.39, 0.29) is 11.7 Å². The molecule has 0 amide bonds. The molecule has 1 unspecified atom stereocenters. The number of carbonyl (C=O) groups is 1. The lowest BCUT2D eigenvalue weighted by Crippen LogP contribution is -2.24. The first-order valence-corrected chi connectivity index (χ1v) is 7.41. The van der Waals surface area contributed by atoms with E-state index in [1.807, 2.05) is 5.38 Å². The van der Waals surface area contributed by atoms with Crippen molar-refractivity contribution in [3.05, 3.63) is 11.1 Å². The number of hydrogen-bond acceptors (Lipinski definition) is 4. The number of thiazole rings is 1. The molecule has 17 heavy (non-hydrogen) atoms. The molecule has 2 heterocycles. The monoisotopic (exact) mass is 272 g/mol. The SMILES string of the molecule is CC1CCCN(c2nc(C(=O)CCl)cs2)CC1. The molecular formula is C12H17ClN2OS. The van der Waals surface area contributed by atoms with Gasteiger partial charge < -0.3 is 4.90 Å². The van der Waals surface area contributed by atoms with E-state index in [1.54, 1.807) is 11.3 Å². The Balaban J connectivity index is 2.06. The van der Waals surface area contributed by atoms with Crippen molar-refractivity contribution in [2.75, 3.05) is 23.9 Å². The topological polar surface area (TPSA) is 33.2 Å². The third-order valence-electron chi connectivity index (χ3n) is 3.19. The Kier molecular flexibility index (Phi) is 4.40. The molecule has 0 N–H and O–H groups in total. The molecule has 1 saturated heterocycles. The summed E-state index contributed by atoms with van der Waals surface area (Å²) >= 11 is 7.07. The second-order valence-electron chi connectivity index (χ2n) is 4.60. The molecule has 5 heteroatoms. The van der Waals surface area contributed by atoms with Crippen LogP contribution in [-0.4, -0.2) is 29.7 Å². The number of nitrogens with zero attached hydrogens (tertiary/aromatic N) is 2. The van der Waals surface area contributed by atoms with Gasteiger partial charge in [0.2, 0.25) is 0 Å². The second-order valence-corrected chi connectivity index (χ2v) is 5.70. The summed E-state index contributed by atoms with van der Waals surface area (Å²) in [7, 11) is 0. The number of rotatable bonds is 3. The van der Waals surface area contributed by atoms with Crippen LogP contribution in [0.2, 0.25) is 0 Å². The molecule has 0 bridgehead atoms. The lowest BCUT2D eigenvalue weighted by Gasteiger charge is -2.18. The van der Waals surface area contributed by atoms with Gasteiger partial charge in [0.1, 0.15) is 5.69 Å². The molecule has 2 rings (SSSR count). The molecule has 1 atom stereocenters. The van der Waals surface area contributed by atoms with Crippen LogP contribution < -0.4 is 4.90 Å². The molecule has 3 nitrogen and oxygen atoms in total. The molecule has 0 aliphatic carbocycles. The lowest BCUT2D eigenvalue weighted by atomic mass is 10.0. The molecule has 1 aromatic heterocycles. The molecule has 1 aliphatic rings. The smallest absolute Gasteiger partial charge is 0.196 e. The summed E-state index contributed by atoms with van der Waals surface area (Å²) in [5.74, 6) is 0.724. The molecule has 1 aromatic rings. The van der Waals surface area contributed by atoms with E-state index in [4.69, 9.17) is 11.6 Å². The van der Waals surface area contributed by atoms with Gasteiger partial charge in [-0.1, -0.05) is 6.92 Å². The number of aromatic nitrogens is 1. The van der Waals surface area contributed by atoms with Crippen molar-refractivity contribution in [3.8, 4) is 0 Å². The summed E-state index contributed by atoms with van der Waals surface area (Å²) in [6, 6.07) is 0. The Morgan fingerprint density at radius 2 is 2.41 bits per heavy atom. The van der Waals surface area contributed by atoms with Gasteiger partial charge in [-0.05, 0) is 25.2 Å². The van der Waals surface area contributed by atoms with Crippen LogP contribution in [0.25, 0.3) is 0 Å². The quantitative estimate of drug-likeness (QED) is 0.626. The maximum atomic E-state index is 11.4. The van der Waals surface area contributed by atoms with E-state index in [1.165, 1.54) is 19.3 Å². The van der Waals surface area contributed by atoms with Gasteiger partial charge in [0, 0.05) is 18.5 Å². The maximum Gasteiger partial charge on any atom is 0.196 e. The Labute approximate surface area is 111 Å². The highest BCUT2D eigenvalue weighted by molar-refractivity contribution is 7.14. The van der Waals surface area contributed by atoms with Crippen molar-refractivity contribution in [2.45, 2.75) is 26.2 Å². The van der Waals surface area contributed by atoms with Gasteiger partial charge in [-0.2, -0.15) is 0 Å². The summed E-state index contributed by atoms with van der Waals surface area (Å²) < 4.78 is 0. The summed E-state index contributed by atoms with van der Waals surface area (Å²) in [5, 5.41) is 2.78. The van der Waals surface area contributed by atoms with Gasteiger partial charge in [0.05, 0.1) is 5.88 Å². The predicted octanol–water partition coefficient (Wildman–Crippen LogP) is 3.19. The maximum absolute atomic E-state index is 11.4. The van der Waals surface area contributed by atoms with Crippen LogP contribution in [0.15, 0.2) is 5.38 Å². The normalized spacial score (nSPS) is 21.3. The van der Waals surface area contributed by atoms with Crippen LogP contribution in [-0.2, 0) is 0 Å². The van der Waals surface area contributed by atoms with Crippen LogP contribution >= 0.6 is 22.9 Å². The van der Waals surface area contributed by atoms with Crippen molar-refractivity contribution in [2.24, 2.45) is 5.92 Å². The minimum Gasteiger partial charge on any atom is -0.348 e. The summed E-state index contributed by atoms with van der Waals surface area (Å²) in [4.78, 5) is 18.1. The first-order valence-electron chi connectivity index (χ1n) is 6.00. The van der Waals surface area contributed by atoms with Crippen LogP contribution in [0.1, 0.15) is 36.7 Å². The lowest BCUT2D eigenvalue weighted by molar-refractivity contribution is 0.101. The Hall–Kier alpha value is -0.610. The summed E-state index contributed by atoms with van der Waals surface area (Å²) in [6.07, 6.45) is 3.70. The van der Waals surface area contributed by atoms with Gasteiger partial charge in [0.25, 0.3) is 0 Å². The number of halogens is 1. The first kappa shape index (κ1) is 12.8. The largest absolute Gasteiger partial charge is 0.348 e. The Bertz CT molecular complexity index is 394. The molecule has 94 valence electrons. The van der Waals surface area contributed by atoms with Gasteiger partial charge in [-0.25, -0.2) is 4.98 Å². The number of carbonyl (C=O) groups excluding carboxylic acids is 1. The van der Waals surface area contributed by atoms with Crippen molar-refractivity contribution < 1.29 is 4.79 Å². The molecule has 1 aliphatic heterocycles. The summed E-state index contributed by atoms with van der Waals surface area (Å²) in [6.45, 7) is 4.39. The molecule has 1 fully saturated rings. The number of anilines is 1. The summed E-state index contributed by atoms with van der Waals surface area (Å²) in [5.41, 5.74) is 0.511. The fraction of sp³-hybridized carbons (Fsp3) is 0.667. The van der Waals surface area contributed by atoms with Crippen LogP contribution in [0, 0.1) is 5.92 Å². The van der Waals surface area contributed by atoms with E-state index in [0.717, 1.165) is 24.1 Å². The van der Waals surface area contributed by atoms with Crippen LogP contribution in [0.5, 0.6) is 0 Å². The molecular weight excluding hydrogens is 256 g/mol. The van der Waals surface area contributed by atoms with E-state index in [0.29, 0.717) is 5.69 Å². The predicted molar refractivity (Wildman–Crippen MR) is 72.4 cm³/mol. The minimum atomic E-state index is -0.0858. The van der Waals surface area contributed by atoms with E-state index < -0.39 is 0 Å². The highest BCUT2D eigenvalue weighted by atomic mass is 35.5. The Morgan fingerprint density at radius 3 is 3.18 bits per heavy atom. The van der Waals surface area contributed by atoms with Gasteiger partial charge in [-0.3, -0.25) is 4.79 Å². The molecule has 0 spiro atoms. The zero-order valence-corrected chi connectivity index (χ0v) is 11.6. The van der Waals surface area contributed by atoms with Crippen LogP contribution in [0.4, 0.5) is 5.13 Å². The Morgan fingerprint density at radius 1 is 1.59 bits per heavy atom. The zero-order valence-electron chi connectivity index (χ0n) is 9.99. The third kappa shape index (κ3) is 3.19. The zero-order chi connectivity index (χ0) is 12.3. The average Bonchev–Trinajstić information content (AvgIpc) is 2.72. The highest BCUT2D eigenvalue weighted by Crippen LogP contribution is 2.25. The second kappa shape index (κ2) is 5.83. The van der Waals surface area contributed by atoms with Gasteiger partial charge in [-0.15, -0.1) is 22.9 Å². The first-order chi connectivity index (χ1) is 8.20. The molecule has 0 radical (unpaired) electrons. The molecule has 0 saturated carbocycles. The average molecular weight is 273 g/mol. The molecule has 0 aromatic carbocycles. The number of alkyl halides is 1. The van der Waals surface area contributed by atoms with Gasteiger partial charge in [0.15, 0.2) is 10.9 Å². The minimum absolute atomic E-state index is 0.0141. The highest BCUT2D eigenvalue weighted by Gasteiger charge is 2.18. The number of hydrogen-bond donors (Lipinski definition) is 0. The number of ketones is 1. The van der Waals surface area contributed by atoms with Crippen molar-refractivity contribution in [3.63, 3.8) is 0 Å². The fourth-order valence-corrected chi connectivity index (χ4v) is 3.08. The van der Waals surface area contributed by atoms with Crippen molar-refractivity contribution >= 4 is 33.9 Å².